The molecule has 0 radical (unpaired) electrons. The van der Waals surface area contributed by atoms with Crippen LogP contribution in [-0.2, 0) is 52.3 Å². The largest absolute Gasteiger partial charge is 0.388 e. The number of aliphatic hydroxyl groups is 3. The highest BCUT2D eigenvalue weighted by Crippen LogP contribution is 2.21. The van der Waals surface area contributed by atoms with Gasteiger partial charge in [-0.3, -0.25) is 19.2 Å². The molecule has 1 amide bonds. The molecule has 0 saturated carbocycles. The molecule has 1 fully saturated rings. The third-order valence-electron chi connectivity index (χ3n) is 8.12. The van der Waals surface area contributed by atoms with E-state index >= 15 is 0 Å². The number of carbonyl (C=O) groups excluding carboxylic acids is 4. The Balaban J connectivity index is 1.83. The lowest BCUT2D eigenvalue weighted by Crippen LogP contribution is -2.57. The van der Waals surface area contributed by atoms with Gasteiger partial charge in [-0.05, 0) is 46.1 Å². The minimum absolute atomic E-state index is 0.00500. The second-order valence-electron chi connectivity index (χ2n) is 12.6. The summed E-state index contributed by atoms with van der Waals surface area (Å²) in [6.45, 7) is 7.70. The molecule has 0 unspecified atom stereocenters. The first-order valence-corrected chi connectivity index (χ1v) is 18.5. The molecule has 7 N–H and O–H groups in total. The molecule has 0 aromatic carbocycles. The number of ether oxygens (including phenoxy) is 7. The SMILES string of the molecule is CC(=O)[C@H](CCCCN)NCC(=O)CCCC(=O)CCCOCCOCCOCCOCCC(=O)NCCOCCO[C@@H]1O[C@@H](C)[C@H](O)[C@@H](O)[C@H]1O. The molecule has 17 heteroatoms. The van der Waals surface area contributed by atoms with Gasteiger partial charge in [-0.2, -0.15) is 0 Å². The van der Waals surface area contributed by atoms with E-state index in [1.54, 1.807) is 6.92 Å². The maximum atomic E-state index is 12.1. The van der Waals surface area contributed by atoms with Crippen molar-refractivity contribution in [2.45, 2.75) is 108 Å². The van der Waals surface area contributed by atoms with E-state index in [-0.39, 0.29) is 68.7 Å². The standard InChI is InChI=1S/C35H65N3O14/c1-26(39)30(10-3-4-12-36)38-25-29(41)8-5-7-28(40)9-6-14-46-17-19-49-21-22-50-20-18-47-15-11-31(42)37-13-16-48-23-24-51-35-34(45)33(44)32(43)27(2)52-35/h27,30,32-35,38,43-45H,3-25,36H2,1-2H3,(H,37,42)/t27-,30-,32-,33+,34+,35+/m0/s1. The Morgan fingerprint density at radius 3 is 1.90 bits per heavy atom. The summed E-state index contributed by atoms with van der Waals surface area (Å²) in [5.74, 6) is -0.0660. The van der Waals surface area contributed by atoms with Crippen LogP contribution in [0.2, 0.25) is 0 Å². The number of amides is 1. The Morgan fingerprint density at radius 2 is 1.25 bits per heavy atom. The van der Waals surface area contributed by atoms with Crippen molar-refractivity contribution in [2.75, 3.05) is 92.3 Å². The fraction of sp³-hybridized carbons (Fsp3) is 0.886. The summed E-state index contributed by atoms with van der Waals surface area (Å²) in [4.78, 5) is 47.8. The lowest BCUT2D eigenvalue weighted by molar-refractivity contribution is -0.294. The van der Waals surface area contributed by atoms with Gasteiger partial charge in [0.05, 0.1) is 84.8 Å². The molecule has 1 aliphatic heterocycles. The van der Waals surface area contributed by atoms with Crippen molar-refractivity contribution < 1.29 is 67.7 Å². The number of hydrogen-bond donors (Lipinski definition) is 6. The summed E-state index contributed by atoms with van der Waals surface area (Å²) >= 11 is 0. The Labute approximate surface area is 307 Å². The van der Waals surface area contributed by atoms with Crippen LogP contribution in [0.1, 0.15) is 71.6 Å². The molecule has 1 saturated heterocycles. The first kappa shape index (κ1) is 48.0. The summed E-state index contributed by atoms with van der Waals surface area (Å²) in [6, 6.07) is -0.330. The third kappa shape index (κ3) is 24.3. The number of nitrogens with two attached hydrogens (primary N) is 1. The summed E-state index contributed by atoms with van der Waals surface area (Å²) in [6.07, 6.45) is -0.931. The Bertz CT molecular complexity index is 962. The molecule has 0 aromatic heterocycles. The van der Waals surface area contributed by atoms with Crippen LogP contribution in [0.5, 0.6) is 0 Å². The Hall–Kier alpha value is -2.00. The van der Waals surface area contributed by atoms with Gasteiger partial charge >= 0.3 is 0 Å². The van der Waals surface area contributed by atoms with E-state index in [4.69, 9.17) is 38.9 Å². The quantitative estimate of drug-likeness (QED) is 0.0434. The van der Waals surface area contributed by atoms with Crippen LogP contribution in [-0.4, -0.2) is 168 Å². The minimum Gasteiger partial charge on any atom is -0.388 e. The minimum atomic E-state index is -1.36. The van der Waals surface area contributed by atoms with Crippen molar-refractivity contribution >= 4 is 23.3 Å². The summed E-state index contributed by atoms with van der Waals surface area (Å²) in [5, 5.41) is 35.1. The summed E-state index contributed by atoms with van der Waals surface area (Å²) in [5.41, 5.74) is 5.49. The van der Waals surface area contributed by atoms with Crippen molar-refractivity contribution in [1.82, 2.24) is 10.6 Å². The van der Waals surface area contributed by atoms with E-state index in [1.807, 2.05) is 0 Å². The zero-order chi connectivity index (χ0) is 38.4. The second-order valence-corrected chi connectivity index (χ2v) is 12.6. The maximum absolute atomic E-state index is 12.1. The van der Waals surface area contributed by atoms with Gasteiger partial charge in [-0.1, -0.05) is 6.42 Å². The van der Waals surface area contributed by atoms with Crippen molar-refractivity contribution in [1.29, 1.82) is 0 Å². The number of aliphatic hydroxyl groups excluding tert-OH is 3. The highest BCUT2D eigenvalue weighted by atomic mass is 16.7. The molecular weight excluding hydrogens is 686 g/mol. The lowest BCUT2D eigenvalue weighted by atomic mass is 10.0. The van der Waals surface area contributed by atoms with E-state index < -0.39 is 30.7 Å². The van der Waals surface area contributed by atoms with E-state index in [0.29, 0.717) is 97.9 Å². The molecule has 1 heterocycles. The molecule has 6 atom stereocenters. The van der Waals surface area contributed by atoms with Crippen molar-refractivity contribution in [2.24, 2.45) is 5.73 Å². The zero-order valence-electron chi connectivity index (χ0n) is 31.1. The molecule has 1 rings (SSSR count). The molecule has 0 aromatic rings. The number of rotatable bonds is 35. The fourth-order valence-electron chi connectivity index (χ4n) is 5.00. The summed E-state index contributed by atoms with van der Waals surface area (Å²) in [7, 11) is 0. The van der Waals surface area contributed by atoms with Gasteiger partial charge in [0.1, 0.15) is 35.7 Å². The van der Waals surface area contributed by atoms with Gasteiger partial charge in [-0.25, -0.2) is 0 Å². The highest BCUT2D eigenvalue weighted by Gasteiger charge is 2.42. The molecule has 0 bridgehead atoms. The van der Waals surface area contributed by atoms with Crippen LogP contribution < -0.4 is 16.4 Å². The average molecular weight is 752 g/mol. The monoisotopic (exact) mass is 751 g/mol. The van der Waals surface area contributed by atoms with Gasteiger partial charge < -0.3 is 64.8 Å². The van der Waals surface area contributed by atoms with E-state index in [2.05, 4.69) is 10.6 Å². The van der Waals surface area contributed by atoms with Crippen LogP contribution in [0.25, 0.3) is 0 Å². The van der Waals surface area contributed by atoms with Crippen LogP contribution in [0.3, 0.4) is 0 Å². The van der Waals surface area contributed by atoms with Gasteiger partial charge in [0.15, 0.2) is 6.29 Å². The van der Waals surface area contributed by atoms with Crippen LogP contribution in [0.4, 0.5) is 0 Å². The number of Topliss-reactive ketones (excluding diaryl/α,β-unsaturated/α-hetero) is 3. The van der Waals surface area contributed by atoms with Gasteiger partial charge in [0, 0.05) is 38.8 Å². The lowest BCUT2D eigenvalue weighted by Gasteiger charge is -2.38. The number of unbranched alkanes of at least 4 members (excludes halogenated alkanes) is 1. The number of ketones is 3. The second kappa shape index (κ2) is 31.4. The zero-order valence-corrected chi connectivity index (χ0v) is 31.1. The first-order valence-electron chi connectivity index (χ1n) is 18.5. The molecule has 0 spiro atoms. The molecule has 304 valence electrons. The molecule has 1 aliphatic rings. The van der Waals surface area contributed by atoms with Crippen LogP contribution in [0.15, 0.2) is 0 Å². The number of carbonyl (C=O) groups is 4. The van der Waals surface area contributed by atoms with E-state index in [0.717, 1.165) is 12.8 Å². The Morgan fingerprint density at radius 1 is 0.673 bits per heavy atom. The molecule has 0 aliphatic carbocycles. The van der Waals surface area contributed by atoms with Gasteiger partial charge in [-0.15, -0.1) is 0 Å². The maximum Gasteiger partial charge on any atom is 0.222 e. The number of nitrogens with one attached hydrogen (secondary N) is 2. The number of hydrogen-bond acceptors (Lipinski definition) is 16. The topological polar surface area (TPSA) is 244 Å². The van der Waals surface area contributed by atoms with Crippen LogP contribution >= 0.6 is 0 Å². The van der Waals surface area contributed by atoms with E-state index in [1.165, 1.54) is 6.92 Å². The smallest absolute Gasteiger partial charge is 0.222 e. The molecular formula is C35H65N3O14. The van der Waals surface area contributed by atoms with E-state index in [9.17, 15) is 34.5 Å². The average Bonchev–Trinajstić information content (AvgIpc) is 3.11. The van der Waals surface area contributed by atoms with Gasteiger partial charge in [0.25, 0.3) is 0 Å². The van der Waals surface area contributed by atoms with Crippen LogP contribution in [0, 0.1) is 0 Å². The Kier molecular flexibility index (Phi) is 29.0. The molecule has 17 nitrogen and oxygen atoms in total. The normalized spacial score (nSPS) is 20.8. The third-order valence-corrected chi connectivity index (χ3v) is 8.12. The van der Waals surface area contributed by atoms with Gasteiger partial charge in [0.2, 0.25) is 5.91 Å². The fourth-order valence-corrected chi connectivity index (χ4v) is 5.00. The predicted molar refractivity (Wildman–Crippen MR) is 189 cm³/mol. The molecule has 52 heavy (non-hydrogen) atoms. The first-order chi connectivity index (χ1) is 25.1. The summed E-state index contributed by atoms with van der Waals surface area (Å²) < 4.78 is 37.9. The van der Waals surface area contributed by atoms with Crippen molar-refractivity contribution in [3.63, 3.8) is 0 Å². The van der Waals surface area contributed by atoms with Crippen molar-refractivity contribution in [3.05, 3.63) is 0 Å². The van der Waals surface area contributed by atoms with Crippen molar-refractivity contribution in [3.8, 4) is 0 Å². The predicted octanol–water partition coefficient (Wildman–Crippen LogP) is -0.815. The highest BCUT2D eigenvalue weighted by molar-refractivity contribution is 5.84.